The Bertz CT molecular complexity index is 683. The maximum absolute atomic E-state index is 13.9. The van der Waals surface area contributed by atoms with Gasteiger partial charge in [-0.2, -0.15) is 4.31 Å². The van der Waals surface area contributed by atoms with E-state index in [1.807, 2.05) is 0 Å². The molecule has 142 valence electrons. The van der Waals surface area contributed by atoms with Gasteiger partial charge in [-0.25, -0.2) is 17.2 Å². The molecule has 0 saturated carbocycles. The molecule has 0 bridgehead atoms. The number of carbonyl (C=O) groups excluding carboxylic acids is 1. The average Bonchev–Trinajstić information content (AvgIpc) is 2.53. The Morgan fingerprint density at radius 2 is 1.92 bits per heavy atom. The fourth-order valence-corrected chi connectivity index (χ4v) is 4.60. The standard InChI is InChI=1S/C15H21F2N3O3S.ClH/c16-12-5-3-6-13(17)15(12)24(22,23)20-9-2-1-4-11(20)10-19-14(21)7-8-18;/h3,5-6,11H,1-2,4,7-10,18H2,(H,19,21);1H. The van der Waals surface area contributed by atoms with Gasteiger partial charge in [0.2, 0.25) is 15.9 Å². The molecule has 1 fully saturated rings. The number of carbonyl (C=O) groups is 1. The van der Waals surface area contributed by atoms with Gasteiger partial charge in [0.15, 0.2) is 4.90 Å². The quantitative estimate of drug-likeness (QED) is 0.758. The molecule has 1 aromatic rings. The summed E-state index contributed by atoms with van der Waals surface area (Å²) in [7, 11) is -4.33. The first-order valence-corrected chi connectivity index (χ1v) is 9.24. The van der Waals surface area contributed by atoms with Crippen molar-refractivity contribution in [2.45, 2.75) is 36.6 Å². The van der Waals surface area contributed by atoms with E-state index in [4.69, 9.17) is 5.73 Å². The molecule has 1 amide bonds. The van der Waals surface area contributed by atoms with Gasteiger partial charge in [-0.3, -0.25) is 4.79 Å². The summed E-state index contributed by atoms with van der Waals surface area (Å²) in [4.78, 5) is 10.6. The molecule has 3 N–H and O–H groups in total. The molecule has 10 heteroatoms. The number of amides is 1. The van der Waals surface area contributed by atoms with Crippen molar-refractivity contribution in [1.82, 2.24) is 9.62 Å². The lowest BCUT2D eigenvalue weighted by Crippen LogP contribution is -2.49. The average molecular weight is 398 g/mol. The summed E-state index contributed by atoms with van der Waals surface area (Å²) in [6.45, 7) is 0.445. The number of hydrogen-bond donors (Lipinski definition) is 2. The molecule has 0 aromatic heterocycles. The van der Waals surface area contributed by atoms with Crippen LogP contribution in [0.2, 0.25) is 0 Å². The van der Waals surface area contributed by atoms with Gasteiger partial charge in [-0.1, -0.05) is 12.5 Å². The van der Waals surface area contributed by atoms with Gasteiger partial charge in [0.1, 0.15) is 11.6 Å². The summed E-state index contributed by atoms with van der Waals surface area (Å²) < 4.78 is 54.4. The van der Waals surface area contributed by atoms with Gasteiger partial charge in [0, 0.05) is 32.1 Å². The van der Waals surface area contributed by atoms with Crippen LogP contribution in [-0.2, 0) is 14.8 Å². The monoisotopic (exact) mass is 397 g/mol. The van der Waals surface area contributed by atoms with E-state index in [-0.39, 0.29) is 44.4 Å². The number of nitrogens with one attached hydrogen (secondary N) is 1. The van der Waals surface area contributed by atoms with E-state index in [0.29, 0.717) is 12.8 Å². The van der Waals surface area contributed by atoms with Crippen LogP contribution in [0.3, 0.4) is 0 Å². The minimum Gasteiger partial charge on any atom is -0.354 e. The summed E-state index contributed by atoms with van der Waals surface area (Å²) >= 11 is 0. The highest BCUT2D eigenvalue weighted by atomic mass is 35.5. The van der Waals surface area contributed by atoms with Gasteiger partial charge < -0.3 is 11.1 Å². The number of nitrogens with two attached hydrogens (primary N) is 1. The number of nitrogens with zero attached hydrogens (tertiary/aromatic N) is 1. The number of hydrogen-bond acceptors (Lipinski definition) is 4. The molecule has 1 heterocycles. The van der Waals surface area contributed by atoms with E-state index in [9.17, 15) is 22.0 Å². The fraction of sp³-hybridized carbons (Fsp3) is 0.533. The van der Waals surface area contributed by atoms with E-state index in [1.54, 1.807) is 0 Å². The van der Waals surface area contributed by atoms with Gasteiger partial charge in [0.05, 0.1) is 0 Å². The first-order valence-electron chi connectivity index (χ1n) is 7.80. The molecule has 1 aromatic carbocycles. The van der Waals surface area contributed by atoms with E-state index in [2.05, 4.69) is 5.32 Å². The molecule has 1 aliphatic heterocycles. The van der Waals surface area contributed by atoms with Crippen molar-refractivity contribution in [1.29, 1.82) is 0 Å². The molecular formula is C15H22ClF2N3O3S. The van der Waals surface area contributed by atoms with Gasteiger partial charge in [0.25, 0.3) is 0 Å². The number of piperidine rings is 1. The van der Waals surface area contributed by atoms with Crippen LogP contribution < -0.4 is 11.1 Å². The lowest BCUT2D eigenvalue weighted by molar-refractivity contribution is -0.121. The van der Waals surface area contributed by atoms with E-state index in [0.717, 1.165) is 28.9 Å². The van der Waals surface area contributed by atoms with Gasteiger partial charge in [-0.15, -0.1) is 12.4 Å². The van der Waals surface area contributed by atoms with Crippen LogP contribution in [0, 0.1) is 11.6 Å². The second-order valence-electron chi connectivity index (χ2n) is 5.66. The Kier molecular flexibility index (Phi) is 8.20. The van der Waals surface area contributed by atoms with Crippen molar-refractivity contribution in [2.75, 3.05) is 19.6 Å². The van der Waals surface area contributed by atoms with E-state index < -0.39 is 32.6 Å². The lowest BCUT2D eigenvalue weighted by Gasteiger charge is -2.34. The minimum absolute atomic E-state index is 0. The zero-order valence-electron chi connectivity index (χ0n) is 13.6. The number of sulfonamides is 1. The SMILES string of the molecule is Cl.NCCC(=O)NCC1CCCCN1S(=O)(=O)c1c(F)cccc1F. The Balaban J connectivity index is 0.00000312. The molecule has 1 aliphatic rings. The smallest absolute Gasteiger partial charge is 0.249 e. The van der Waals surface area contributed by atoms with Crippen LogP contribution in [0.15, 0.2) is 23.1 Å². The van der Waals surface area contributed by atoms with Crippen LogP contribution in [0.4, 0.5) is 8.78 Å². The zero-order chi connectivity index (χ0) is 17.7. The molecule has 2 rings (SSSR count). The molecule has 0 radical (unpaired) electrons. The molecule has 0 spiro atoms. The maximum atomic E-state index is 13.9. The molecule has 25 heavy (non-hydrogen) atoms. The fourth-order valence-electron chi connectivity index (χ4n) is 2.79. The zero-order valence-corrected chi connectivity index (χ0v) is 15.2. The van der Waals surface area contributed by atoms with Crippen molar-refractivity contribution in [2.24, 2.45) is 5.73 Å². The van der Waals surface area contributed by atoms with Crippen molar-refractivity contribution >= 4 is 28.3 Å². The van der Waals surface area contributed by atoms with Crippen molar-refractivity contribution in [3.63, 3.8) is 0 Å². The van der Waals surface area contributed by atoms with Gasteiger partial charge >= 0.3 is 0 Å². The van der Waals surface area contributed by atoms with Crippen LogP contribution in [0.1, 0.15) is 25.7 Å². The molecule has 0 aliphatic carbocycles. The first kappa shape index (κ1) is 21.8. The van der Waals surface area contributed by atoms with Crippen molar-refractivity contribution in [3.8, 4) is 0 Å². The topological polar surface area (TPSA) is 92.5 Å². The third kappa shape index (κ3) is 5.10. The Morgan fingerprint density at radius 3 is 2.52 bits per heavy atom. The lowest BCUT2D eigenvalue weighted by atomic mass is 10.1. The highest BCUT2D eigenvalue weighted by Crippen LogP contribution is 2.28. The summed E-state index contributed by atoms with van der Waals surface area (Å²) in [6.07, 6.45) is 2.03. The molecular weight excluding hydrogens is 376 g/mol. The number of rotatable bonds is 6. The summed E-state index contributed by atoms with van der Waals surface area (Å²) in [5.74, 6) is -2.52. The predicted octanol–water partition coefficient (Wildman–Crippen LogP) is 1.39. The molecule has 6 nitrogen and oxygen atoms in total. The third-order valence-electron chi connectivity index (χ3n) is 3.96. The number of halogens is 3. The maximum Gasteiger partial charge on any atom is 0.249 e. The molecule has 1 unspecified atom stereocenters. The van der Waals surface area contributed by atoms with Crippen molar-refractivity contribution < 1.29 is 22.0 Å². The van der Waals surface area contributed by atoms with Gasteiger partial charge in [-0.05, 0) is 25.0 Å². The third-order valence-corrected chi connectivity index (χ3v) is 5.97. The largest absolute Gasteiger partial charge is 0.354 e. The number of benzene rings is 1. The van der Waals surface area contributed by atoms with Crippen LogP contribution in [0.5, 0.6) is 0 Å². The highest BCUT2D eigenvalue weighted by Gasteiger charge is 2.37. The van der Waals surface area contributed by atoms with Crippen LogP contribution >= 0.6 is 12.4 Å². The first-order chi connectivity index (χ1) is 11.4. The van der Waals surface area contributed by atoms with Crippen LogP contribution in [-0.4, -0.2) is 44.3 Å². The Labute approximate surface area is 152 Å². The van der Waals surface area contributed by atoms with Crippen molar-refractivity contribution in [3.05, 3.63) is 29.8 Å². The Morgan fingerprint density at radius 1 is 1.28 bits per heavy atom. The van der Waals surface area contributed by atoms with E-state index >= 15 is 0 Å². The minimum atomic E-state index is -4.33. The predicted molar refractivity (Wildman–Crippen MR) is 91.8 cm³/mol. The second-order valence-corrected chi connectivity index (χ2v) is 7.49. The second kappa shape index (κ2) is 9.42. The van der Waals surface area contributed by atoms with E-state index in [1.165, 1.54) is 0 Å². The Hall–Kier alpha value is -1.29. The summed E-state index contributed by atoms with van der Waals surface area (Å²) in [6, 6.07) is 2.41. The summed E-state index contributed by atoms with van der Waals surface area (Å²) in [5, 5.41) is 2.62. The highest BCUT2D eigenvalue weighted by molar-refractivity contribution is 7.89. The van der Waals surface area contributed by atoms with Crippen LogP contribution in [0.25, 0.3) is 0 Å². The molecule has 1 atom stereocenters. The molecule has 1 saturated heterocycles. The summed E-state index contributed by atoms with van der Waals surface area (Å²) in [5.41, 5.74) is 5.29. The normalized spacial score (nSPS) is 18.4.